The van der Waals surface area contributed by atoms with E-state index in [0.717, 1.165) is 44.0 Å². The average Bonchev–Trinajstić information content (AvgIpc) is 2.82. The molecule has 0 saturated heterocycles. The van der Waals surface area contributed by atoms with Crippen LogP contribution in [-0.2, 0) is 13.7 Å². The molecule has 0 aliphatic carbocycles. The lowest BCUT2D eigenvalue weighted by molar-refractivity contribution is 0.587. The van der Waals surface area contributed by atoms with Gasteiger partial charge in [0.2, 0.25) is 0 Å². The van der Waals surface area contributed by atoms with Gasteiger partial charge in [0.1, 0.15) is 21.4 Å². The predicted molar refractivity (Wildman–Crippen MR) is 156 cm³/mol. The van der Waals surface area contributed by atoms with Gasteiger partial charge < -0.3 is 13.7 Å². The zero-order chi connectivity index (χ0) is 26.3. The number of benzene rings is 3. The Kier molecular flexibility index (Phi) is 7.15. The Hall–Kier alpha value is -2.57. The van der Waals surface area contributed by atoms with Gasteiger partial charge in [0.05, 0.1) is 11.4 Å². The van der Waals surface area contributed by atoms with Gasteiger partial charge in [0.25, 0.3) is 0 Å². The third-order valence-corrected chi connectivity index (χ3v) is 10.7. The second-order valence-electron chi connectivity index (χ2n) is 10.2. The summed E-state index contributed by atoms with van der Waals surface area (Å²) in [5.74, 6) is 0.553. The molecule has 186 valence electrons. The molecule has 4 aromatic rings. The third kappa shape index (κ3) is 6.04. The van der Waals surface area contributed by atoms with Crippen LogP contribution >= 0.6 is 21.4 Å². The van der Waals surface area contributed by atoms with E-state index in [4.69, 9.17) is 9.97 Å². The molecule has 0 spiro atoms. The summed E-state index contributed by atoms with van der Waals surface area (Å²) < 4.78 is 37.4. The van der Waals surface area contributed by atoms with Gasteiger partial charge in [-0.3, -0.25) is 0 Å². The Balaban J connectivity index is 1.85. The van der Waals surface area contributed by atoms with E-state index in [1.54, 1.807) is 40.0 Å². The van der Waals surface area contributed by atoms with Crippen molar-refractivity contribution in [2.24, 2.45) is 0 Å². The van der Waals surface area contributed by atoms with Gasteiger partial charge in [0, 0.05) is 32.6 Å². The van der Waals surface area contributed by atoms with Crippen molar-refractivity contribution in [1.82, 2.24) is 9.97 Å². The number of hydrogen-bond donors (Lipinski definition) is 0. The fourth-order valence-corrected chi connectivity index (χ4v) is 6.43. The van der Waals surface area contributed by atoms with Gasteiger partial charge in [-0.05, 0) is 46.1 Å². The minimum Gasteiger partial charge on any atom is -0.319 e. The summed E-state index contributed by atoms with van der Waals surface area (Å²) in [6, 6.07) is 24.8. The highest BCUT2D eigenvalue weighted by Crippen LogP contribution is 2.37. The van der Waals surface area contributed by atoms with E-state index in [1.165, 1.54) is 0 Å². The van der Waals surface area contributed by atoms with Crippen molar-refractivity contribution >= 4 is 37.3 Å². The summed E-state index contributed by atoms with van der Waals surface area (Å²) >= 11 is 0. The molecule has 0 aliphatic rings. The van der Waals surface area contributed by atoms with E-state index in [1.807, 2.05) is 78.9 Å². The summed E-state index contributed by atoms with van der Waals surface area (Å²) in [5.41, 5.74) is 4.09. The second kappa shape index (κ2) is 9.71. The van der Waals surface area contributed by atoms with E-state index in [0.29, 0.717) is 5.82 Å². The van der Waals surface area contributed by atoms with Crippen molar-refractivity contribution in [1.29, 1.82) is 0 Å². The van der Waals surface area contributed by atoms with Crippen LogP contribution < -0.4 is 15.9 Å². The van der Waals surface area contributed by atoms with Crippen molar-refractivity contribution in [3.05, 3.63) is 78.9 Å². The maximum absolute atomic E-state index is 12.5. The van der Waals surface area contributed by atoms with Gasteiger partial charge >= 0.3 is 0 Å². The SMILES string of the molecule is CP(C)(=O)c1ccc(-c2cc(-c3ccc(P(C)(C)=O)cc3)nc(-c3ccc(P(C)(C)=O)cc3)n2)cc1. The molecule has 1 heterocycles. The Bertz CT molecular complexity index is 1340. The first-order valence-corrected chi connectivity index (χ1v) is 19.4. The lowest BCUT2D eigenvalue weighted by Gasteiger charge is -2.12. The summed E-state index contributed by atoms with van der Waals surface area (Å²) in [4.78, 5) is 9.69. The molecule has 0 N–H and O–H groups in total. The molecule has 0 radical (unpaired) electrons. The predicted octanol–water partition coefficient (Wildman–Crippen LogP) is 6.22. The summed E-state index contributed by atoms with van der Waals surface area (Å²) in [6.45, 7) is 10.5. The minimum absolute atomic E-state index is 0.553. The van der Waals surface area contributed by atoms with E-state index < -0.39 is 21.4 Å². The minimum atomic E-state index is -2.37. The van der Waals surface area contributed by atoms with Crippen LogP contribution in [-0.4, -0.2) is 50.0 Å². The number of aromatic nitrogens is 2. The monoisotopic (exact) mass is 536 g/mol. The maximum atomic E-state index is 12.5. The van der Waals surface area contributed by atoms with Crippen molar-refractivity contribution in [2.45, 2.75) is 0 Å². The van der Waals surface area contributed by atoms with Gasteiger partial charge in [-0.2, -0.15) is 0 Å². The largest absolute Gasteiger partial charge is 0.319 e. The van der Waals surface area contributed by atoms with Crippen LogP contribution in [0.4, 0.5) is 0 Å². The Morgan fingerprint density at radius 3 is 1.00 bits per heavy atom. The highest BCUT2D eigenvalue weighted by atomic mass is 31.2. The first-order valence-electron chi connectivity index (χ1n) is 11.6. The smallest absolute Gasteiger partial charge is 0.160 e. The maximum Gasteiger partial charge on any atom is 0.160 e. The Morgan fingerprint density at radius 1 is 0.444 bits per heavy atom. The number of nitrogens with zero attached hydrogens (tertiary/aromatic N) is 2. The van der Waals surface area contributed by atoms with Gasteiger partial charge in [-0.15, -0.1) is 0 Å². The quantitative estimate of drug-likeness (QED) is 0.274. The van der Waals surface area contributed by atoms with E-state index in [9.17, 15) is 13.7 Å². The van der Waals surface area contributed by atoms with Crippen LogP contribution in [0.5, 0.6) is 0 Å². The van der Waals surface area contributed by atoms with Crippen LogP contribution in [0.3, 0.4) is 0 Å². The molecular formula is C28H31N2O3P3. The third-order valence-electron chi connectivity index (χ3n) is 6.04. The Morgan fingerprint density at radius 2 is 0.722 bits per heavy atom. The highest BCUT2D eigenvalue weighted by molar-refractivity contribution is 7.70. The van der Waals surface area contributed by atoms with E-state index in [2.05, 4.69) is 0 Å². The lowest BCUT2D eigenvalue weighted by Crippen LogP contribution is -2.04. The number of rotatable bonds is 6. The summed E-state index contributed by atoms with van der Waals surface area (Å²) in [5, 5.41) is 2.44. The standard InChI is InChI=1S/C28H31N2O3P3/c1-34(2,31)23-13-7-20(8-14-23)26-19-27(21-9-15-24(16-10-21)35(3,4)32)30-28(29-26)22-11-17-25(18-12-22)36(5,6)33/h7-19H,1-6H3. The molecule has 8 heteroatoms. The van der Waals surface area contributed by atoms with Gasteiger partial charge in [0.15, 0.2) is 5.82 Å². The van der Waals surface area contributed by atoms with Crippen LogP contribution in [0.1, 0.15) is 0 Å². The second-order valence-corrected chi connectivity index (χ2v) is 19.8. The van der Waals surface area contributed by atoms with Gasteiger partial charge in [-0.1, -0.05) is 72.8 Å². The van der Waals surface area contributed by atoms with Crippen molar-refractivity contribution < 1.29 is 13.7 Å². The fourth-order valence-electron chi connectivity index (χ4n) is 3.82. The van der Waals surface area contributed by atoms with E-state index >= 15 is 0 Å². The molecular weight excluding hydrogens is 505 g/mol. The summed E-state index contributed by atoms with van der Waals surface area (Å²) in [6.07, 6.45) is 0. The Labute approximate surface area is 213 Å². The number of hydrogen-bond acceptors (Lipinski definition) is 5. The molecule has 0 aliphatic heterocycles. The van der Waals surface area contributed by atoms with Crippen LogP contribution in [0.25, 0.3) is 33.9 Å². The average molecular weight is 536 g/mol. The summed E-state index contributed by atoms with van der Waals surface area (Å²) in [7, 11) is -7.09. The molecule has 0 atom stereocenters. The topological polar surface area (TPSA) is 77.0 Å². The zero-order valence-electron chi connectivity index (χ0n) is 21.5. The molecule has 36 heavy (non-hydrogen) atoms. The first-order chi connectivity index (χ1) is 16.7. The van der Waals surface area contributed by atoms with Crippen LogP contribution in [0.2, 0.25) is 0 Å². The molecule has 0 unspecified atom stereocenters. The van der Waals surface area contributed by atoms with Crippen molar-refractivity contribution in [2.75, 3.05) is 40.0 Å². The molecule has 4 rings (SSSR count). The van der Waals surface area contributed by atoms with Crippen molar-refractivity contribution in [3.8, 4) is 33.9 Å². The molecule has 5 nitrogen and oxygen atoms in total. The van der Waals surface area contributed by atoms with Gasteiger partial charge in [-0.25, -0.2) is 9.97 Å². The molecule has 1 aromatic heterocycles. The molecule has 0 amide bonds. The van der Waals surface area contributed by atoms with Crippen molar-refractivity contribution in [3.63, 3.8) is 0 Å². The molecule has 0 saturated carbocycles. The lowest BCUT2D eigenvalue weighted by atomic mass is 10.1. The normalized spacial score (nSPS) is 12.5. The highest BCUT2D eigenvalue weighted by Gasteiger charge is 2.16. The van der Waals surface area contributed by atoms with E-state index in [-0.39, 0.29) is 0 Å². The first kappa shape index (κ1) is 26.5. The molecule has 3 aromatic carbocycles. The zero-order valence-corrected chi connectivity index (χ0v) is 24.1. The van der Waals surface area contributed by atoms with Crippen LogP contribution in [0.15, 0.2) is 78.9 Å². The molecule has 0 bridgehead atoms. The fraction of sp³-hybridized carbons (Fsp3) is 0.214. The van der Waals surface area contributed by atoms with Crippen LogP contribution in [0, 0.1) is 0 Å². The molecule has 0 fully saturated rings.